The smallest absolute Gasteiger partial charge is 0.139 e. The molecule has 0 atom stereocenters. The lowest BCUT2D eigenvalue weighted by atomic mass is 10.2. The maximum absolute atomic E-state index is 9.91. The number of nitrogens with zero attached hydrogens (tertiary/aromatic N) is 1. The molecule has 0 aliphatic carbocycles. The molecule has 1 aromatic heterocycles. The molecule has 1 heterocycles. The minimum Gasteiger partial charge on any atom is -0.506 e. The minimum absolute atomic E-state index is 0.277. The molecule has 0 saturated heterocycles. The number of halogens is 1. The number of ether oxygens (including phenoxy) is 1. The monoisotopic (exact) mass is 287 g/mol. The van der Waals surface area contributed by atoms with Gasteiger partial charge >= 0.3 is 0 Å². The van der Waals surface area contributed by atoms with Gasteiger partial charge < -0.3 is 14.4 Å². The van der Waals surface area contributed by atoms with Gasteiger partial charge in [0.25, 0.3) is 0 Å². The minimum atomic E-state index is 0.277. The molecular formula is C16H14ClNO2. The highest BCUT2D eigenvalue weighted by Gasteiger charge is 2.10. The second-order valence-corrected chi connectivity index (χ2v) is 5.12. The van der Waals surface area contributed by atoms with Gasteiger partial charge in [0, 0.05) is 29.2 Å². The fraction of sp³-hybridized carbons (Fsp3) is 0.125. The van der Waals surface area contributed by atoms with Crippen LogP contribution in [0.3, 0.4) is 0 Å². The Morgan fingerprint density at radius 2 is 2.00 bits per heavy atom. The van der Waals surface area contributed by atoms with E-state index in [0.717, 1.165) is 22.2 Å². The lowest BCUT2D eigenvalue weighted by Gasteiger charge is -2.05. The number of benzene rings is 2. The average molecular weight is 288 g/mol. The number of hydrogen-bond donors (Lipinski definition) is 1. The molecule has 3 aromatic rings. The first-order valence-corrected chi connectivity index (χ1v) is 6.67. The molecule has 4 heteroatoms. The van der Waals surface area contributed by atoms with Gasteiger partial charge in [-0.2, -0.15) is 0 Å². The summed E-state index contributed by atoms with van der Waals surface area (Å²) in [4.78, 5) is 0. The van der Waals surface area contributed by atoms with Crippen LogP contribution in [0.25, 0.3) is 10.9 Å². The predicted octanol–water partition coefficient (Wildman–Crippen LogP) is 4.12. The van der Waals surface area contributed by atoms with E-state index in [-0.39, 0.29) is 5.75 Å². The molecule has 0 aliphatic heterocycles. The van der Waals surface area contributed by atoms with E-state index < -0.39 is 0 Å². The van der Waals surface area contributed by atoms with Gasteiger partial charge in [-0.05, 0) is 24.3 Å². The first-order chi connectivity index (χ1) is 9.65. The third-order valence-corrected chi connectivity index (χ3v) is 3.49. The molecule has 2 aromatic carbocycles. The summed E-state index contributed by atoms with van der Waals surface area (Å²) in [7, 11) is 1.91. The molecule has 0 amide bonds. The van der Waals surface area contributed by atoms with Crippen molar-refractivity contribution in [2.24, 2.45) is 7.05 Å². The molecule has 3 nitrogen and oxygen atoms in total. The number of rotatable bonds is 3. The molecule has 102 valence electrons. The number of para-hydroxylation sites is 1. The van der Waals surface area contributed by atoms with Gasteiger partial charge in [0.1, 0.15) is 18.1 Å². The normalized spacial score (nSPS) is 10.9. The molecule has 0 aliphatic rings. The van der Waals surface area contributed by atoms with E-state index in [1.807, 2.05) is 48.1 Å². The Balaban J connectivity index is 1.90. The van der Waals surface area contributed by atoms with Crippen molar-refractivity contribution in [1.82, 2.24) is 4.57 Å². The zero-order valence-corrected chi connectivity index (χ0v) is 11.8. The van der Waals surface area contributed by atoms with E-state index in [0.29, 0.717) is 11.6 Å². The van der Waals surface area contributed by atoms with Crippen LogP contribution in [-0.2, 0) is 13.7 Å². The number of aryl methyl sites for hydroxylation is 1. The summed E-state index contributed by atoms with van der Waals surface area (Å²) < 4.78 is 7.66. The van der Waals surface area contributed by atoms with Crippen LogP contribution in [0.5, 0.6) is 11.5 Å². The quantitative estimate of drug-likeness (QED) is 0.786. The first-order valence-electron chi connectivity index (χ1n) is 6.29. The highest BCUT2D eigenvalue weighted by atomic mass is 35.5. The van der Waals surface area contributed by atoms with Crippen LogP contribution in [0.4, 0.5) is 0 Å². The summed E-state index contributed by atoms with van der Waals surface area (Å²) in [6.45, 7) is 0.432. The van der Waals surface area contributed by atoms with Crippen LogP contribution in [0.15, 0.2) is 48.7 Å². The van der Waals surface area contributed by atoms with Gasteiger partial charge in [-0.3, -0.25) is 0 Å². The number of fused-ring (bicyclic) bond motifs is 1. The van der Waals surface area contributed by atoms with Crippen LogP contribution >= 0.6 is 11.6 Å². The number of phenolic OH excluding ortho intramolecular Hbond substituents is 1. The van der Waals surface area contributed by atoms with E-state index >= 15 is 0 Å². The largest absolute Gasteiger partial charge is 0.506 e. The second kappa shape index (κ2) is 5.10. The van der Waals surface area contributed by atoms with Crippen molar-refractivity contribution >= 4 is 22.5 Å². The first kappa shape index (κ1) is 12.9. The molecular weight excluding hydrogens is 274 g/mol. The molecule has 1 N–H and O–H groups in total. The van der Waals surface area contributed by atoms with Crippen LogP contribution in [-0.4, -0.2) is 9.67 Å². The Bertz CT molecular complexity index is 764. The topological polar surface area (TPSA) is 34.4 Å². The Kier molecular flexibility index (Phi) is 3.28. The molecule has 3 rings (SSSR count). The SMILES string of the molecule is Cn1cc(COc2cccc(Cl)c2)c2cccc(O)c21. The number of aromatic hydroxyl groups is 1. The number of phenols is 1. The Hall–Kier alpha value is -2.13. The zero-order chi connectivity index (χ0) is 14.1. The van der Waals surface area contributed by atoms with Gasteiger partial charge in [-0.15, -0.1) is 0 Å². The molecule has 0 unspecified atom stereocenters. The zero-order valence-electron chi connectivity index (χ0n) is 11.0. The van der Waals surface area contributed by atoms with Crippen molar-refractivity contribution in [3.63, 3.8) is 0 Å². The maximum Gasteiger partial charge on any atom is 0.139 e. The highest BCUT2D eigenvalue weighted by Crippen LogP contribution is 2.29. The summed E-state index contributed by atoms with van der Waals surface area (Å²) >= 11 is 5.93. The molecule has 0 bridgehead atoms. The van der Waals surface area contributed by atoms with E-state index in [1.165, 1.54) is 0 Å². The van der Waals surface area contributed by atoms with Crippen LogP contribution < -0.4 is 4.74 Å². The summed E-state index contributed by atoms with van der Waals surface area (Å²) in [5.41, 5.74) is 1.84. The van der Waals surface area contributed by atoms with Gasteiger partial charge in [-0.1, -0.05) is 29.8 Å². The van der Waals surface area contributed by atoms with Gasteiger partial charge in [0.2, 0.25) is 0 Å². The summed E-state index contributed by atoms with van der Waals surface area (Å²) in [5.74, 6) is 1.01. The van der Waals surface area contributed by atoms with Crippen LogP contribution in [0, 0.1) is 0 Å². The molecule has 0 fully saturated rings. The third kappa shape index (κ3) is 2.32. The Morgan fingerprint density at radius 1 is 1.20 bits per heavy atom. The summed E-state index contributed by atoms with van der Waals surface area (Å²) in [5, 5.41) is 11.6. The third-order valence-electron chi connectivity index (χ3n) is 3.25. The Morgan fingerprint density at radius 3 is 2.80 bits per heavy atom. The summed E-state index contributed by atoms with van der Waals surface area (Å²) in [6, 6.07) is 12.8. The highest BCUT2D eigenvalue weighted by molar-refractivity contribution is 6.30. The predicted molar refractivity (Wildman–Crippen MR) is 80.4 cm³/mol. The fourth-order valence-electron chi connectivity index (χ4n) is 2.36. The van der Waals surface area contributed by atoms with Crippen molar-refractivity contribution in [3.8, 4) is 11.5 Å². The van der Waals surface area contributed by atoms with E-state index in [9.17, 15) is 5.11 Å². The molecule has 20 heavy (non-hydrogen) atoms. The second-order valence-electron chi connectivity index (χ2n) is 4.68. The molecule has 0 spiro atoms. The van der Waals surface area contributed by atoms with Crippen LogP contribution in [0.2, 0.25) is 5.02 Å². The van der Waals surface area contributed by atoms with Crippen molar-refractivity contribution in [2.45, 2.75) is 6.61 Å². The number of aromatic nitrogens is 1. The lowest BCUT2D eigenvalue weighted by Crippen LogP contribution is -1.94. The lowest BCUT2D eigenvalue weighted by molar-refractivity contribution is 0.307. The van der Waals surface area contributed by atoms with E-state index in [4.69, 9.17) is 16.3 Å². The van der Waals surface area contributed by atoms with Gasteiger partial charge in [0.05, 0.1) is 5.52 Å². The van der Waals surface area contributed by atoms with Crippen molar-refractivity contribution in [3.05, 3.63) is 59.2 Å². The van der Waals surface area contributed by atoms with Crippen molar-refractivity contribution in [1.29, 1.82) is 0 Å². The Labute approximate surface area is 122 Å². The molecule has 0 saturated carbocycles. The van der Waals surface area contributed by atoms with E-state index in [1.54, 1.807) is 12.1 Å². The fourth-order valence-corrected chi connectivity index (χ4v) is 2.54. The molecule has 0 radical (unpaired) electrons. The van der Waals surface area contributed by atoms with Gasteiger partial charge in [-0.25, -0.2) is 0 Å². The van der Waals surface area contributed by atoms with Crippen molar-refractivity contribution in [2.75, 3.05) is 0 Å². The van der Waals surface area contributed by atoms with Crippen LogP contribution in [0.1, 0.15) is 5.56 Å². The maximum atomic E-state index is 9.91. The average Bonchev–Trinajstić information content (AvgIpc) is 2.75. The standard InChI is InChI=1S/C16H14ClNO2/c1-18-9-11(14-6-3-7-15(19)16(14)18)10-20-13-5-2-4-12(17)8-13/h2-9,19H,10H2,1H3. The van der Waals surface area contributed by atoms with E-state index in [2.05, 4.69) is 0 Å². The number of hydrogen-bond acceptors (Lipinski definition) is 2. The summed E-state index contributed by atoms with van der Waals surface area (Å²) in [6.07, 6.45) is 1.97. The van der Waals surface area contributed by atoms with Gasteiger partial charge in [0.15, 0.2) is 0 Å². The van der Waals surface area contributed by atoms with Crippen molar-refractivity contribution < 1.29 is 9.84 Å².